The monoisotopic (exact) mass is 259 g/mol. The summed E-state index contributed by atoms with van der Waals surface area (Å²) in [7, 11) is 0. The van der Waals surface area contributed by atoms with Crippen LogP contribution in [0.4, 0.5) is 0 Å². The number of carbonyl (C=O) groups excluding carboxylic acids is 3. The fraction of sp³-hybridized carbons (Fsp3) is 0.182. The Morgan fingerprint density at radius 3 is 2.53 bits per heavy atom. The fourth-order valence-corrected chi connectivity index (χ4v) is 1.94. The van der Waals surface area contributed by atoms with Crippen LogP contribution in [0.15, 0.2) is 18.2 Å². The third-order valence-corrected chi connectivity index (χ3v) is 2.80. The molecule has 2 heterocycles. The van der Waals surface area contributed by atoms with Crippen molar-refractivity contribution in [2.24, 2.45) is 0 Å². The Morgan fingerprint density at radius 2 is 1.79 bits per heavy atom. The lowest BCUT2D eigenvalue weighted by molar-refractivity contribution is -0.135. The van der Waals surface area contributed by atoms with E-state index in [9.17, 15) is 14.4 Å². The number of rotatable bonds is 1. The summed E-state index contributed by atoms with van der Waals surface area (Å²) in [6.07, 6.45) is 0. The van der Waals surface area contributed by atoms with Crippen LogP contribution in [0, 0.1) is 0 Å². The highest BCUT2D eigenvalue weighted by atomic mass is 16.2. The van der Waals surface area contributed by atoms with Crippen LogP contribution in [0.5, 0.6) is 0 Å². The van der Waals surface area contributed by atoms with E-state index >= 15 is 0 Å². The second kappa shape index (κ2) is 4.16. The molecule has 0 aliphatic carbocycles. The number of hydrogen-bond donors (Lipinski definition) is 2. The Bertz CT molecular complexity index is 676. The number of amides is 3. The molecule has 0 atom stereocenters. The van der Waals surface area contributed by atoms with Crippen molar-refractivity contribution in [3.8, 4) is 0 Å². The minimum absolute atomic E-state index is 0.124. The Hall–Kier alpha value is -2.77. The minimum Gasteiger partial charge on any atom is -0.320 e. The van der Waals surface area contributed by atoms with Gasteiger partial charge in [-0.1, -0.05) is 0 Å². The molecule has 1 fully saturated rings. The van der Waals surface area contributed by atoms with E-state index in [1.165, 1.54) is 4.90 Å². The molecular weight excluding hydrogens is 250 g/mol. The van der Waals surface area contributed by atoms with Crippen LogP contribution < -0.4 is 5.32 Å². The van der Waals surface area contributed by atoms with Crippen LogP contribution in [0.3, 0.4) is 0 Å². The van der Waals surface area contributed by atoms with Crippen LogP contribution >= 0.6 is 0 Å². The van der Waals surface area contributed by atoms with Gasteiger partial charge in [-0.25, -0.2) is 0 Å². The van der Waals surface area contributed by atoms with Gasteiger partial charge in [0.05, 0.1) is 0 Å². The molecule has 1 saturated heterocycles. The van der Waals surface area contributed by atoms with Crippen LogP contribution in [-0.4, -0.2) is 51.1 Å². The molecule has 2 aromatic rings. The molecule has 8 heteroatoms. The Kier molecular flexibility index (Phi) is 2.48. The first kappa shape index (κ1) is 11.3. The molecule has 8 nitrogen and oxygen atoms in total. The lowest BCUT2D eigenvalue weighted by Gasteiger charge is -2.25. The van der Waals surface area contributed by atoms with Gasteiger partial charge in [-0.05, 0) is 18.2 Å². The first-order valence-electron chi connectivity index (χ1n) is 5.56. The molecule has 0 radical (unpaired) electrons. The largest absolute Gasteiger partial charge is 0.320 e. The van der Waals surface area contributed by atoms with Crippen molar-refractivity contribution in [1.82, 2.24) is 25.6 Å². The van der Waals surface area contributed by atoms with E-state index in [1.54, 1.807) is 18.2 Å². The lowest BCUT2D eigenvalue weighted by atomic mass is 10.1. The molecule has 0 unspecified atom stereocenters. The number of aromatic nitrogens is 3. The second-order valence-corrected chi connectivity index (χ2v) is 4.16. The Morgan fingerprint density at radius 1 is 1.11 bits per heavy atom. The van der Waals surface area contributed by atoms with Crippen molar-refractivity contribution in [2.75, 3.05) is 13.1 Å². The lowest BCUT2D eigenvalue weighted by Crippen LogP contribution is -2.53. The maximum absolute atomic E-state index is 12.2. The van der Waals surface area contributed by atoms with Gasteiger partial charge in [-0.15, -0.1) is 0 Å². The predicted octanol–water partition coefficient (Wildman–Crippen LogP) is -0.943. The highest BCUT2D eigenvalue weighted by Crippen LogP contribution is 2.13. The van der Waals surface area contributed by atoms with E-state index in [2.05, 4.69) is 20.7 Å². The zero-order valence-corrected chi connectivity index (χ0v) is 9.71. The topological polar surface area (TPSA) is 108 Å². The number of carbonyl (C=O) groups is 3. The summed E-state index contributed by atoms with van der Waals surface area (Å²) in [5.41, 5.74) is 1.56. The highest BCUT2D eigenvalue weighted by Gasteiger charge is 2.27. The number of hydrogen-bond acceptors (Lipinski definition) is 5. The quantitative estimate of drug-likeness (QED) is 0.642. The van der Waals surface area contributed by atoms with Crippen LogP contribution in [0.25, 0.3) is 11.0 Å². The van der Waals surface area contributed by atoms with Crippen molar-refractivity contribution in [3.05, 3.63) is 23.8 Å². The zero-order valence-electron chi connectivity index (χ0n) is 9.71. The summed E-state index contributed by atoms with van der Waals surface area (Å²) in [4.78, 5) is 35.9. The fourth-order valence-electron chi connectivity index (χ4n) is 1.94. The molecule has 96 valence electrons. The Balaban J connectivity index is 1.90. The maximum atomic E-state index is 12.2. The molecule has 3 amide bonds. The van der Waals surface area contributed by atoms with Gasteiger partial charge in [0, 0.05) is 5.56 Å². The average Bonchev–Trinajstić information content (AvgIpc) is 2.83. The molecular formula is C11H9N5O3. The molecule has 1 aromatic heterocycles. The summed E-state index contributed by atoms with van der Waals surface area (Å²) in [6.45, 7) is -0.247. The average molecular weight is 259 g/mol. The molecule has 0 bridgehead atoms. The van der Waals surface area contributed by atoms with Gasteiger partial charge in [0.2, 0.25) is 11.8 Å². The van der Waals surface area contributed by atoms with E-state index in [0.717, 1.165) is 0 Å². The van der Waals surface area contributed by atoms with Crippen molar-refractivity contribution in [1.29, 1.82) is 0 Å². The van der Waals surface area contributed by atoms with Gasteiger partial charge >= 0.3 is 0 Å². The normalized spacial score (nSPS) is 15.7. The molecule has 1 aliphatic rings. The van der Waals surface area contributed by atoms with Gasteiger partial charge in [-0.2, -0.15) is 15.4 Å². The summed E-state index contributed by atoms with van der Waals surface area (Å²) < 4.78 is 0. The Labute approximate surface area is 106 Å². The van der Waals surface area contributed by atoms with E-state index in [4.69, 9.17) is 0 Å². The molecule has 0 spiro atoms. The first-order valence-corrected chi connectivity index (χ1v) is 5.56. The van der Waals surface area contributed by atoms with E-state index in [1.807, 2.05) is 0 Å². The molecule has 19 heavy (non-hydrogen) atoms. The van der Waals surface area contributed by atoms with E-state index < -0.39 is 11.8 Å². The van der Waals surface area contributed by atoms with E-state index in [0.29, 0.717) is 16.6 Å². The third kappa shape index (κ3) is 2.03. The first-order chi connectivity index (χ1) is 9.13. The molecule has 1 aromatic carbocycles. The van der Waals surface area contributed by atoms with Crippen molar-refractivity contribution in [2.45, 2.75) is 0 Å². The van der Waals surface area contributed by atoms with Crippen molar-refractivity contribution >= 4 is 28.8 Å². The maximum Gasteiger partial charge on any atom is 0.254 e. The standard InChI is InChI=1S/C11H9N5O3/c17-9-4-16(5-10(18)12-9)11(19)6-1-2-7-8(3-6)14-15-13-7/h1-3H,4-5H2,(H,12,17,18)(H,13,14,15). The van der Waals surface area contributed by atoms with Crippen LogP contribution in [-0.2, 0) is 9.59 Å². The number of benzene rings is 1. The molecule has 2 N–H and O–H groups in total. The zero-order chi connectivity index (χ0) is 13.4. The predicted molar refractivity (Wildman–Crippen MR) is 62.9 cm³/mol. The second-order valence-electron chi connectivity index (χ2n) is 4.16. The third-order valence-electron chi connectivity index (χ3n) is 2.80. The van der Waals surface area contributed by atoms with Gasteiger partial charge in [0.1, 0.15) is 24.1 Å². The van der Waals surface area contributed by atoms with Crippen LogP contribution in [0.1, 0.15) is 10.4 Å². The summed E-state index contributed by atoms with van der Waals surface area (Å²) >= 11 is 0. The smallest absolute Gasteiger partial charge is 0.254 e. The number of piperazine rings is 1. The number of fused-ring (bicyclic) bond motifs is 1. The molecule has 3 rings (SSSR count). The highest BCUT2D eigenvalue weighted by molar-refractivity contribution is 6.06. The van der Waals surface area contributed by atoms with Gasteiger partial charge in [0.15, 0.2) is 0 Å². The number of nitrogens with one attached hydrogen (secondary N) is 2. The minimum atomic E-state index is -0.480. The number of aromatic amines is 1. The number of H-pyrrole nitrogens is 1. The molecule has 0 saturated carbocycles. The van der Waals surface area contributed by atoms with E-state index in [-0.39, 0.29) is 19.0 Å². The summed E-state index contributed by atoms with van der Waals surface area (Å²) in [5.74, 6) is -1.34. The number of nitrogens with zero attached hydrogens (tertiary/aromatic N) is 3. The summed E-state index contributed by atoms with van der Waals surface area (Å²) in [6, 6.07) is 4.81. The van der Waals surface area contributed by atoms with Gasteiger partial charge < -0.3 is 4.90 Å². The van der Waals surface area contributed by atoms with Gasteiger partial charge in [0.25, 0.3) is 5.91 Å². The molecule has 1 aliphatic heterocycles. The SMILES string of the molecule is O=C1CN(C(=O)c2ccc3n[nH]nc3c2)CC(=O)N1. The number of imide groups is 1. The van der Waals surface area contributed by atoms with Crippen molar-refractivity contribution < 1.29 is 14.4 Å². The van der Waals surface area contributed by atoms with Crippen LogP contribution in [0.2, 0.25) is 0 Å². The summed E-state index contributed by atoms with van der Waals surface area (Å²) in [5, 5.41) is 12.4. The van der Waals surface area contributed by atoms with Gasteiger partial charge in [-0.3, -0.25) is 19.7 Å². The van der Waals surface area contributed by atoms with Crippen molar-refractivity contribution in [3.63, 3.8) is 0 Å².